The Kier molecular flexibility index (Phi) is 4.37. The van der Waals surface area contributed by atoms with Crippen LogP contribution in [-0.2, 0) is 10.0 Å². The van der Waals surface area contributed by atoms with Crippen LogP contribution in [0.25, 0.3) is 0 Å². The first-order valence-corrected chi connectivity index (χ1v) is 7.64. The van der Waals surface area contributed by atoms with Gasteiger partial charge in [0, 0.05) is 6.20 Å². The van der Waals surface area contributed by atoms with Gasteiger partial charge in [0.15, 0.2) is 0 Å². The average Bonchev–Trinajstić information content (AvgIpc) is 2.38. The zero-order valence-electron chi connectivity index (χ0n) is 10.5. The van der Waals surface area contributed by atoms with Gasteiger partial charge < -0.3 is 0 Å². The van der Waals surface area contributed by atoms with Crippen LogP contribution >= 0.6 is 11.6 Å². The molecule has 0 aliphatic heterocycles. The van der Waals surface area contributed by atoms with Crippen LogP contribution in [0, 0.1) is 5.82 Å². The van der Waals surface area contributed by atoms with Gasteiger partial charge in [-0.1, -0.05) is 17.7 Å². The third-order valence-electron chi connectivity index (χ3n) is 2.65. The third-order valence-corrected chi connectivity index (χ3v) is 4.67. The van der Waals surface area contributed by atoms with Gasteiger partial charge in [-0.05, 0) is 37.3 Å². The van der Waals surface area contributed by atoms with E-state index in [2.05, 4.69) is 9.71 Å². The molecule has 1 atom stereocenters. The number of halogens is 2. The van der Waals surface area contributed by atoms with E-state index in [0.717, 1.165) is 18.2 Å². The fourth-order valence-electron chi connectivity index (χ4n) is 1.68. The molecule has 0 radical (unpaired) electrons. The van der Waals surface area contributed by atoms with Crippen molar-refractivity contribution in [2.75, 3.05) is 0 Å². The van der Waals surface area contributed by atoms with Crippen molar-refractivity contribution >= 4 is 21.6 Å². The van der Waals surface area contributed by atoms with Crippen LogP contribution in [0.3, 0.4) is 0 Å². The number of benzene rings is 1. The van der Waals surface area contributed by atoms with Crippen LogP contribution < -0.4 is 4.72 Å². The lowest BCUT2D eigenvalue weighted by atomic mass is 10.2. The normalized spacial score (nSPS) is 13.2. The maximum Gasteiger partial charge on any atom is 0.242 e. The smallest absolute Gasteiger partial charge is 0.242 e. The topological polar surface area (TPSA) is 59.1 Å². The summed E-state index contributed by atoms with van der Waals surface area (Å²) in [5, 5.41) is -0.161. The minimum atomic E-state index is -3.84. The van der Waals surface area contributed by atoms with Crippen molar-refractivity contribution in [3.63, 3.8) is 0 Å². The molecule has 1 aromatic carbocycles. The number of hydrogen-bond acceptors (Lipinski definition) is 3. The SMILES string of the molecule is C[C@@H](NS(=O)(=O)c1ccc(F)cc1Cl)c1ccccn1. The second-order valence-corrected chi connectivity index (χ2v) is 6.26. The summed E-state index contributed by atoms with van der Waals surface area (Å²) in [5.41, 5.74) is 0.578. The summed E-state index contributed by atoms with van der Waals surface area (Å²) < 4.78 is 39.8. The fraction of sp³-hybridized carbons (Fsp3) is 0.154. The van der Waals surface area contributed by atoms with E-state index in [1.165, 1.54) is 0 Å². The molecule has 106 valence electrons. The van der Waals surface area contributed by atoms with Gasteiger partial charge in [-0.3, -0.25) is 4.98 Å². The highest BCUT2D eigenvalue weighted by atomic mass is 35.5. The molecule has 1 aromatic heterocycles. The Labute approximate surface area is 121 Å². The number of aromatic nitrogens is 1. The van der Waals surface area contributed by atoms with Gasteiger partial charge in [-0.15, -0.1) is 0 Å². The van der Waals surface area contributed by atoms with E-state index in [0.29, 0.717) is 5.69 Å². The number of nitrogens with zero attached hydrogens (tertiary/aromatic N) is 1. The van der Waals surface area contributed by atoms with Crippen LogP contribution in [0.4, 0.5) is 4.39 Å². The summed E-state index contributed by atoms with van der Waals surface area (Å²) in [4.78, 5) is 3.91. The molecule has 1 heterocycles. The summed E-state index contributed by atoms with van der Waals surface area (Å²) in [7, 11) is -3.84. The molecule has 0 bridgehead atoms. The predicted octanol–water partition coefficient (Wildman–Crippen LogP) is 2.91. The van der Waals surface area contributed by atoms with E-state index in [1.807, 2.05) is 0 Å². The Morgan fingerprint density at radius 1 is 1.30 bits per heavy atom. The van der Waals surface area contributed by atoms with E-state index in [1.54, 1.807) is 31.3 Å². The van der Waals surface area contributed by atoms with Crippen LogP contribution in [0.15, 0.2) is 47.5 Å². The molecular formula is C13H12ClFN2O2S. The van der Waals surface area contributed by atoms with E-state index in [9.17, 15) is 12.8 Å². The summed E-state index contributed by atoms with van der Waals surface area (Å²) in [6.45, 7) is 1.66. The van der Waals surface area contributed by atoms with E-state index < -0.39 is 21.9 Å². The molecule has 0 saturated heterocycles. The van der Waals surface area contributed by atoms with Gasteiger partial charge in [-0.2, -0.15) is 0 Å². The lowest BCUT2D eigenvalue weighted by Gasteiger charge is -2.14. The van der Waals surface area contributed by atoms with Crippen LogP contribution in [0.5, 0.6) is 0 Å². The number of nitrogens with one attached hydrogen (secondary N) is 1. The molecule has 4 nitrogen and oxygen atoms in total. The molecule has 1 N–H and O–H groups in total. The molecule has 0 amide bonds. The minimum Gasteiger partial charge on any atom is -0.260 e. The first-order chi connectivity index (χ1) is 9.40. The zero-order chi connectivity index (χ0) is 14.8. The van der Waals surface area contributed by atoms with Crippen molar-refractivity contribution in [1.82, 2.24) is 9.71 Å². The highest BCUT2D eigenvalue weighted by molar-refractivity contribution is 7.89. The van der Waals surface area contributed by atoms with Crippen molar-refractivity contribution in [3.05, 3.63) is 59.1 Å². The molecule has 20 heavy (non-hydrogen) atoms. The molecule has 0 saturated carbocycles. The monoisotopic (exact) mass is 314 g/mol. The highest BCUT2D eigenvalue weighted by Crippen LogP contribution is 2.23. The van der Waals surface area contributed by atoms with E-state index in [-0.39, 0.29) is 9.92 Å². The quantitative estimate of drug-likeness (QED) is 0.944. The molecule has 0 aliphatic rings. The number of rotatable bonds is 4. The van der Waals surface area contributed by atoms with Gasteiger partial charge in [0.25, 0.3) is 0 Å². The average molecular weight is 315 g/mol. The molecule has 0 unspecified atom stereocenters. The summed E-state index contributed by atoms with van der Waals surface area (Å²) in [6.07, 6.45) is 1.57. The largest absolute Gasteiger partial charge is 0.260 e. The predicted molar refractivity (Wildman–Crippen MR) is 74.4 cm³/mol. The van der Waals surface area contributed by atoms with Crippen LogP contribution in [0.1, 0.15) is 18.7 Å². The van der Waals surface area contributed by atoms with Crippen molar-refractivity contribution in [3.8, 4) is 0 Å². The summed E-state index contributed by atoms with van der Waals surface area (Å²) in [6, 6.07) is 7.82. The lowest BCUT2D eigenvalue weighted by molar-refractivity contribution is 0.563. The second-order valence-electron chi connectivity index (χ2n) is 4.17. The van der Waals surface area contributed by atoms with Crippen LogP contribution in [-0.4, -0.2) is 13.4 Å². The Morgan fingerprint density at radius 2 is 2.05 bits per heavy atom. The minimum absolute atomic E-state index is 0.161. The Hall–Kier alpha value is -1.50. The maximum absolute atomic E-state index is 13.0. The Morgan fingerprint density at radius 3 is 2.65 bits per heavy atom. The first-order valence-electron chi connectivity index (χ1n) is 5.78. The fourth-order valence-corrected chi connectivity index (χ4v) is 3.43. The van der Waals surface area contributed by atoms with Crippen molar-refractivity contribution < 1.29 is 12.8 Å². The van der Waals surface area contributed by atoms with Gasteiger partial charge in [0.1, 0.15) is 10.7 Å². The van der Waals surface area contributed by atoms with Crippen molar-refractivity contribution in [2.45, 2.75) is 17.9 Å². The Bertz CT molecular complexity index is 708. The van der Waals surface area contributed by atoms with Gasteiger partial charge in [0.2, 0.25) is 10.0 Å². The molecule has 0 aliphatic carbocycles. The molecule has 0 fully saturated rings. The molecule has 2 aromatic rings. The highest BCUT2D eigenvalue weighted by Gasteiger charge is 2.21. The van der Waals surface area contributed by atoms with Gasteiger partial charge in [-0.25, -0.2) is 17.5 Å². The van der Waals surface area contributed by atoms with Crippen molar-refractivity contribution in [2.24, 2.45) is 0 Å². The zero-order valence-corrected chi connectivity index (χ0v) is 12.1. The maximum atomic E-state index is 13.0. The van der Waals surface area contributed by atoms with Gasteiger partial charge in [0.05, 0.1) is 16.8 Å². The van der Waals surface area contributed by atoms with Crippen LogP contribution in [0.2, 0.25) is 5.02 Å². The second kappa shape index (κ2) is 5.87. The molecule has 7 heteroatoms. The van der Waals surface area contributed by atoms with E-state index in [4.69, 9.17) is 11.6 Å². The van der Waals surface area contributed by atoms with E-state index >= 15 is 0 Å². The molecule has 0 spiro atoms. The molecule has 2 rings (SSSR count). The molecular weight excluding hydrogens is 303 g/mol. The van der Waals surface area contributed by atoms with Gasteiger partial charge >= 0.3 is 0 Å². The first kappa shape index (κ1) is 14.9. The van der Waals surface area contributed by atoms with Crippen molar-refractivity contribution in [1.29, 1.82) is 0 Å². The number of hydrogen-bond donors (Lipinski definition) is 1. The summed E-state index contributed by atoms with van der Waals surface area (Å²) >= 11 is 5.77. The Balaban J connectivity index is 2.28. The lowest BCUT2D eigenvalue weighted by Crippen LogP contribution is -2.27. The standard InChI is InChI=1S/C13H12ClFN2O2S/c1-9(12-4-2-3-7-16-12)17-20(18,19)13-6-5-10(15)8-11(13)14/h2-9,17H,1H3/t9-/m1/s1. The number of pyridine rings is 1. The summed E-state index contributed by atoms with van der Waals surface area (Å²) in [5.74, 6) is -0.591. The third kappa shape index (κ3) is 3.33. The number of sulfonamides is 1.